The van der Waals surface area contributed by atoms with Crippen LogP contribution in [0.15, 0.2) is 54.6 Å². The quantitative estimate of drug-likeness (QED) is 0.722. The van der Waals surface area contributed by atoms with Crippen LogP contribution in [0.3, 0.4) is 0 Å². The number of carbonyl (C=O) groups excluding carboxylic acids is 1. The first-order chi connectivity index (χ1) is 9.69. The summed E-state index contributed by atoms with van der Waals surface area (Å²) in [5, 5.41) is 12.2. The summed E-state index contributed by atoms with van der Waals surface area (Å²) in [5.41, 5.74) is 7.76. The molecular formula is C16H18N2O2. The molecule has 1 amide bonds. The highest BCUT2D eigenvalue weighted by Crippen LogP contribution is 2.08. The largest absolute Gasteiger partial charge is 0.399 e. The molecule has 4 nitrogen and oxygen atoms in total. The first-order valence-electron chi connectivity index (χ1n) is 6.50. The zero-order valence-electron chi connectivity index (χ0n) is 11.1. The second-order valence-corrected chi connectivity index (χ2v) is 4.67. The predicted molar refractivity (Wildman–Crippen MR) is 79.3 cm³/mol. The van der Waals surface area contributed by atoms with Gasteiger partial charge in [-0.1, -0.05) is 36.4 Å². The average Bonchev–Trinajstić information content (AvgIpc) is 2.47. The number of nitrogen functional groups attached to an aromatic ring is 1. The number of aliphatic hydroxyl groups excluding tert-OH is 1. The fourth-order valence-electron chi connectivity index (χ4n) is 2.01. The Balaban J connectivity index is 2.01. The summed E-state index contributed by atoms with van der Waals surface area (Å²) >= 11 is 0. The Kier molecular flexibility index (Phi) is 4.74. The molecule has 0 aromatic heterocycles. The van der Waals surface area contributed by atoms with E-state index in [1.807, 2.05) is 30.3 Å². The highest BCUT2D eigenvalue weighted by Gasteiger charge is 2.13. The molecule has 2 rings (SSSR count). The number of carbonyl (C=O) groups is 1. The van der Waals surface area contributed by atoms with E-state index in [9.17, 15) is 9.90 Å². The molecule has 4 N–H and O–H groups in total. The molecular weight excluding hydrogens is 252 g/mol. The molecule has 104 valence electrons. The van der Waals surface area contributed by atoms with Crippen LogP contribution in [0.2, 0.25) is 0 Å². The Bertz CT molecular complexity index is 570. The van der Waals surface area contributed by atoms with E-state index in [2.05, 4.69) is 5.32 Å². The Morgan fingerprint density at radius 3 is 2.55 bits per heavy atom. The summed E-state index contributed by atoms with van der Waals surface area (Å²) in [7, 11) is 0. The molecule has 0 aliphatic rings. The van der Waals surface area contributed by atoms with Crippen molar-refractivity contribution in [3.8, 4) is 0 Å². The number of hydrogen-bond donors (Lipinski definition) is 3. The van der Waals surface area contributed by atoms with Crippen molar-refractivity contribution in [2.45, 2.75) is 12.5 Å². The molecule has 0 spiro atoms. The SMILES string of the molecule is Nc1cccc(C(=O)N[C@H](CO)Cc2ccccc2)c1. The lowest BCUT2D eigenvalue weighted by Crippen LogP contribution is -2.39. The summed E-state index contributed by atoms with van der Waals surface area (Å²) in [6.07, 6.45) is 0.589. The van der Waals surface area contributed by atoms with Gasteiger partial charge in [-0.05, 0) is 30.2 Å². The van der Waals surface area contributed by atoms with E-state index in [-0.39, 0.29) is 18.6 Å². The van der Waals surface area contributed by atoms with Gasteiger partial charge >= 0.3 is 0 Å². The minimum Gasteiger partial charge on any atom is -0.399 e. The molecule has 2 aromatic rings. The number of anilines is 1. The number of aliphatic hydroxyl groups is 1. The second kappa shape index (κ2) is 6.73. The van der Waals surface area contributed by atoms with Gasteiger partial charge < -0.3 is 16.2 Å². The number of rotatable bonds is 5. The standard InChI is InChI=1S/C16H18N2O2/c17-14-8-4-7-13(10-14)16(20)18-15(11-19)9-12-5-2-1-3-6-12/h1-8,10,15,19H,9,11,17H2,(H,18,20)/t15-/m0/s1. The Labute approximate surface area is 118 Å². The Morgan fingerprint density at radius 1 is 1.15 bits per heavy atom. The van der Waals surface area contributed by atoms with Crippen LogP contribution in [0.5, 0.6) is 0 Å². The summed E-state index contributed by atoms with van der Waals surface area (Å²) in [4.78, 5) is 12.1. The highest BCUT2D eigenvalue weighted by atomic mass is 16.3. The van der Waals surface area contributed by atoms with Gasteiger partial charge in [0.15, 0.2) is 0 Å². The molecule has 2 aromatic carbocycles. The van der Waals surface area contributed by atoms with Gasteiger partial charge in [-0.3, -0.25) is 4.79 Å². The Morgan fingerprint density at radius 2 is 1.90 bits per heavy atom. The van der Waals surface area contributed by atoms with Crippen molar-refractivity contribution in [2.75, 3.05) is 12.3 Å². The van der Waals surface area contributed by atoms with Crippen molar-refractivity contribution in [2.24, 2.45) is 0 Å². The zero-order chi connectivity index (χ0) is 14.4. The second-order valence-electron chi connectivity index (χ2n) is 4.67. The Hall–Kier alpha value is -2.33. The molecule has 0 radical (unpaired) electrons. The maximum Gasteiger partial charge on any atom is 0.251 e. The summed E-state index contributed by atoms with van der Waals surface area (Å²) in [6, 6.07) is 16.2. The fourth-order valence-corrected chi connectivity index (χ4v) is 2.01. The maximum atomic E-state index is 12.1. The third-order valence-corrected chi connectivity index (χ3v) is 3.03. The van der Waals surface area contributed by atoms with Gasteiger partial charge in [-0.15, -0.1) is 0 Å². The van der Waals surface area contributed by atoms with Gasteiger partial charge in [-0.25, -0.2) is 0 Å². The van der Waals surface area contributed by atoms with Crippen LogP contribution >= 0.6 is 0 Å². The zero-order valence-corrected chi connectivity index (χ0v) is 11.1. The van der Waals surface area contributed by atoms with E-state index in [4.69, 9.17) is 5.73 Å². The molecule has 0 aliphatic carbocycles. The van der Waals surface area contributed by atoms with E-state index in [1.165, 1.54) is 0 Å². The number of benzene rings is 2. The molecule has 0 saturated carbocycles. The molecule has 20 heavy (non-hydrogen) atoms. The highest BCUT2D eigenvalue weighted by molar-refractivity contribution is 5.95. The van der Waals surface area contributed by atoms with Gasteiger partial charge in [-0.2, -0.15) is 0 Å². The lowest BCUT2D eigenvalue weighted by atomic mass is 10.1. The van der Waals surface area contributed by atoms with Crippen molar-refractivity contribution < 1.29 is 9.90 Å². The first kappa shape index (κ1) is 14.1. The minimum absolute atomic E-state index is 0.108. The van der Waals surface area contributed by atoms with Crippen molar-refractivity contribution in [1.29, 1.82) is 0 Å². The third-order valence-electron chi connectivity index (χ3n) is 3.03. The lowest BCUT2D eigenvalue weighted by molar-refractivity contribution is 0.0916. The van der Waals surface area contributed by atoms with Crippen molar-refractivity contribution >= 4 is 11.6 Å². The van der Waals surface area contributed by atoms with E-state index >= 15 is 0 Å². The van der Waals surface area contributed by atoms with Crippen molar-refractivity contribution in [3.63, 3.8) is 0 Å². The van der Waals surface area contributed by atoms with Crippen LogP contribution in [0.25, 0.3) is 0 Å². The van der Waals surface area contributed by atoms with Gasteiger partial charge in [0.2, 0.25) is 0 Å². The van der Waals surface area contributed by atoms with Crippen LogP contribution < -0.4 is 11.1 Å². The van der Waals surface area contributed by atoms with E-state index in [1.54, 1.807) is 24.3 Å². The molecule has 4 heteroatoms. The van der Waals surface area contributed by atoms with Gasteiger partial charge in [0.1, 0.15) is 0 Å². The molecule has 1 atom stereocenters. The third kappa shape index (κ3) is 3.83. The summed E-state index contributed by atoms with van der Waals surface area (Å²) in [6.45, 7) is -0.108. The molecule has 0 fully saturated rings. The van der Waals surface area contributed by atoms with Crippen molar-refractivity contribution in [3.05, 3.63) is 65.7 Å². The van der Waals surface area contributed by atoms with Crippen LogP contribution in [-0.2, 0) is 6.42 Å². The van der Waals surface area contributed by atoms with E-state index in [0.29, 0.717) is 17.7 Å². The van der Waals surface area contributed by atoms with Crippen LogP contribution in [0.4, 0.5) is 5.69 Å². The first-order valence-corrected chi connectivity index (χ1v) is 6.50. The average molecular weight is 270 g/mol. The normalized spacial score (nSPS) is 11.8. The molecule has 0 bridgehead atoms. The monoisotopic (exact) mass is 270 g/mol. The molecule has 0 heterocycles. The lowest BCUT2D eigenvalue weighted by Gasteiger charge is -2.16. The summed E-state index contributed by atoms with van der Waals surface area (Å²) in [5.74, 6) is -0.229. The van der Waals surface area contributed by atoms with Crippen molar-refractivity contribution in [1.82, 2.24) is 5.32 Å². The summed E-state index contributed by atoms with van der Waals surface area (Å²) < 4.78 is 0. The van der Waals surface area contributed by atoms with Gasteiger partial charge in [0.25, 0.3) is 5.91 Å². The van der Waals surface area contributed by atoms with E-state index < -0.39 is 0 Å². The van der Waals surface area contributed by atoms with Crippen LogP contribution in [0, 0.1) is 0 Å². The maximum absolute atomic E-state index is 12.1. The number of nitrogens with two attached hydrogens (primary N) is 1. The number of nitrogens with one attached hydrogen (secondary N) is 1. The van der Waals surface area contributed by atoms with Gasteiger partial charge in [0, 0.05) is 11.3 Å². The topological polar surface area (TPSA) is 75.4 Å². The van der Waals surface area contributed by atoms with Crippen LogP contribution in [-0.4, -0.2) is 23.7 Å². The molecule has 0 aliphatic heterocycles. The molecule has 0 unspecified atom stereocenters. The van der Waals surface area contributed by atoms with E-state index in [0.717, 1.165) is 5.56 Å². The number of hydrogen-bond acceptors (Lipinski definition) is 3. The predicted octanol–water partition coefficient (Wildman–Crippen LogP) is 1.60. The smallest absolute Gasteiger partial charge is 0.251 e. The van der Waals surface area contributed by atoms with Gasteiger partial charge in [0.05, 0.1) is 12.6 Å². The molecule has 0 saturated heterocycles. The fraction of sp³-hybridized carbons (Fsp3) is 0.188. The van der Waals surface area contributed by atoms with Crippen LogP contribution in [0.1, 0.15) is 15.9 Å². The minimum atomic E-state index is -0.314. The number of amides is 1.